The summed E-state index contributed by atoms with van der Waals surface area (Å²) >= 11 is 0. The van der Waals surface area contributed by atoms with Crippen molar-refractivity contribution in [2.24, 2.45) is 0 Å². The first-order chi connectivity index (χ1) is 11.1. The number of nitro groups is 1. The van der Waals surface area contributed by atoms with Gasteiger partial charge in [-0.1, -0.05) is 57.3 Å². The molecule has 1 atom stereocenters. The van der Waals surface area contributed by atoms with Gasteiger partial charge in [0.2, 0.25) is 6.04 Å². The van der Waals surface area contributed by atoms with E-state index in [1.807, 2.05) is 6.08 Å². The summed E-state index contributed by atoms with van der Waals surface area (Å²) in [5, 5.41) is 19.5. The van der Waals surface area contributed by atoms with Crippen molar-refractivity contribution in [3.05, 3.63) is 34.4 Å². The Labute approximate surface area is 139 Å². The third kappa shape index (κ3) is 15.0. The molecule has 0 fully saturated rings. The zero-order valence-electron chi connectivity index (χ0n) is 14.3. The molecule has 0 aliphatic heterocycles. The fourth-order valence-electron chi connectivity index (χ4n) is 2.31. The summed E-state index contributed by atoms with van der Waals surface area (Å²) < 4.78 is 0. The quantitative estimate of drug-likeness (QED) is 0.196. The van der Waals surface area contributed by atoms with Crippen LogP contribution in [0.4, 0.5) is 0 Å². The first-order valence-electron chi connectivity index (χ1n) is 8.76. The number of unbranched alkanes of at least 4 members (excludes halogenated alkanes) is 7. The Morgan fingerprint density at radius 1 is 1.09 bits per heavy atom. The van der Waals surface area contributed by atoms with Gasteiger partial charge in [0.15, 0.2) is 0 Å². The summed E-state index contributed by atoms with van der Waals surface area (Å²) in [4.78, 5) is 21.1. The molecule has 0 aliphatic carbocycles. The van der Waals surface area contributed by atoms with Crippen LogP contribution in [-0.4, -0.2) is 22.0 Å². The summed E-state index contributed by atoms with van der Waals surface area (Å²) in [6.45, 7) is 2.16. The first kappa shape index (κ1) is 21.4. The molecule has 132 valence electrons. The highest BCUT2D eigenvalue weighted by Gasteiger charge is 2.14. The second kappa shape index (κ2) is 15.3. The second-order valence-electron chi connectivity index (χ2n) is 5.86. The van der Waals surface area contributed by atoms with Crippen molar-refractivity contribution in [2.75, 3.05) is 0 Å². The van der Waals surface area contributed by atoms with Crippen LogP contribution in [0.5, 0.6) is 0 Å². The number of carboxylic acids is 1. The molecule has 0 aromatic rings. The van der Waals surface area contributed by atoms with Crippen LogP contribution >= 0.6 is 0 Å². The third-order valence-electron chi connectivity index (χ3n) is 3.72. The molecule has 5 nitrogen and oxygen atoms in total. The molecular weight excluding hydrogens is 294 g/mol. The van der Waals surface area contributed by atoms with Gasteiger partial charge in [0.25, 0.3) is 0 Å². The molecule has 0 amide bonds. The van der Waals surface area contributed by atoms with Crippen molar-refractivity contribution >= 4 is 5.97 Å². The summed E-state index contributed by atoms with van der Waals surface area (Å²) in [7, 11) is 0. The van der Waals surface area contributed by atoms with E-state index in [1.165, 1.54) is 19.3 Å². The Hall–Kier alpha value is -1.65. The fourth-order valence-corrected chi connectivity index (χ4v) is 2.31. The van der Waals surface area contributed by atoms with E-state index in [1.54, 1.807) is 12.2 Å². The summed E-state index contributed by atoms with van der Waals surface area (Å²) in [5.74, 6) is -0.758. The van der Waals surface area contributed by atoms with Gasteiger partial charge in [-0.05, 0) is 31.8 Å². The maximum absolute atomic E-state index is 11.0. The predicted octanol–water partition coefficient (Wildman–Crippen LogP) is 5.14. The molecule has 0 aromatic carbocycles. The van der Waals surface area contributed by atoms with Crippen LogP contribution in [0.2, 0.25) is 0 Å². The molecule has 1 N–H and O–H groups in total. The van der Waals surface area contributed by atoms with E-state index in [4.69, 9.17) is 5.11 Å². The van der Waals surface area contributed by atoms with Gasteiger partial charge in [-0.2, -0.15) is 0 Å². The van der Waals surface area contributed by atoms with Crippen LogP contribution in [-0.2, 0) is 4.79 Å². The van der Waals surface area contributed by atoms with Gasteiger partial charge < -0.3 is 5.11 Å². The van der Waals surface area contributed by atoms with Crippen molar-refractivity contribution in [3.63, 3.8) is 0 Å². The van der Waals surface area contributed by atoms with Crippen molar-refractivity contribution < 1.29 is 14.8 Å². The minimum absolute atomic E-state index is 0.213. The Morgan fingerprint density at radius 3 is 2.43 bits per heavy atom. The molecule has 0 bridgehead atoms. The lowest BCUT2D eigenvalue weighted by Gasteiger charge is -2.04. The van der Waals surface area contributed by atoms with E-state index in [-0.39, 0.29) is 11.3 Å². The van der Waals surface area contributed by atoms with E-state index in [9.17, 15) is 14.9 Å². The van der Waals surface area contributed by atoms with Gasteiger partial charge in [-0.25, -0.2) is 0 Å². The highest BCUT2D eigenvalue weighted by Crippen LogP contribution is 2.11. The molecule has 5 heteroatoms. The Bertz CT molecular complexity index is 377. The van der Waals surface area contributed by atoms with Crippen LogP contribution < -0.4 is 0 Å². The van der Waals surface area contributed by atoms with Crippen LogP contribution in [0.3, 0.4) is 0 Å². The number of hydrogen-bond acceptors (Lipinski definition) is 3. The number of nitrogens with zero attached hydrogens (tertiary/aromatic N) is 1. The van der Waals surface area contributed by atoms with E-state index < -0.39 is 12.0 Å². The average molecular weight is 325 g/mol. The minimum Gasteiger partial charge on any atom is -0.481 e. The maximum Gasteiger partial charge on any atom is 0.303 e. The molecule has 0 rings (SSSR count). The molecule has 0 heterocycles. The molecule has 0 spiro atoms. The lowest BCUT2D eigenvalue weighted by Crippen LogP contribution is -2.16. The number of hydrogen-bond donors (Lipinski definition) is 1. The summed E-state index contributed by atoms with van der Waals surface area (Å²) in [6, 6.07) is -0.616. The second-order valence-corrected chi connectivity index (χ2v) is 5.86. The summed E-state index contributed by atoms with van der Waals surface area (Å²) in [5.41, 5.74) is 0. The largest absolute Gasteiger partial charge is 0.481 e. The van der Waals surface area contributed by atoms with Crippen LogP contribution in [0.25, 0.3) is 0 Å². The maximum atomic E-state index is 11.0. The van der Waals surface area contributed by atoms with Crippen molar-refractivity contribution in [1.29, 1.82) is 0 Å². The molecule has 0 aliphatic rings. The number of allylic oxidation sites excluding steroid dienone is 3. The zero-order chi connectivity index (χ0) is 17.3. The van der Waals surface area contributed by atoms with E-state index in [2.05, 4.69) is 13.0 Å². The molecule has 0 saturated carbocycles. The Morgan fingerprint density at radius 2 is 1.78 bits per heavy atom. The molecule has 0 radical (unpaired) electrons. The normalized spacial score (nSPS) is 12.9. The van der Waals surface area contributed by atoms with Gasteiger partial charge >= 0.3 is 5.97 Å². The average Bonchev–Trinajstić information content (AvgIpc) is 2.50. The van der Waals surface area contributed by atoms with Crippen LogP contribution in [0, 0.1) is 10.1 Å². The fraction of sp³-hybridized carbons (Fsp3) is 0.722. The lowest BCUT2D eigenvalue weighted by molar-refractivity contribution is -0.510. The van der Waals surface area contributed by atoms with Gasteiger partial charge in [-0.15, -0.1) is 0 Å². The van der Waals surface area contributed by atoms with Crippen LogP contribution in [0.1, 0.15) is 77.6 Å². The smallest absolute Gasteiger partial charge is 0.303 e. The van der Waals surface area contributed by atoms with Gasteiger partial charge in [0.1, 0.15) is 0 Å². The topological polar surface area (TPSA) is 80.4 Å². The number of carbonyl (C=O) groups is 1. The molecule has 0 aromatic heterocycles. The van der Waals surface area contributed by atoms with Gasteiger partial charge in [-0.3, -0.25) is 14.9 Å². The third-order valence-corrected chi connectivity index (χ3v) is 3.72. The molecular formula is C18H31NO4. The van der Waals surface area contributed by atoms with Crippen molar-refractivity contribution in [2.45, 2.75) is 83.6 Å². The first-order valence-corrected chi connectivity index (χ1v) is 8.76. The van der Waals surface area contributed by atoms with Crippen molar-refractivity contribution in [3.8, 4) is 0 Å². The standard InChI is InChI=1S/C18H31NO4/c1-2-3-4-5-6-8-11-14-17(19(22)23)15-12-9-7-10-13-16-18(20)21/h6,8,11,14,17H,2-5,7,9-10,12-13,15-16H2,1H3,(H,20,21)/b8-6?,14-11-. The Kier molecular flexibility index (Phi) is 14.2. The highest BCUT2D eigenvalue weighted by molar-refractivity contribution is 5.66. The SMILES string of the molecule is CCCCCC=C/C=C\C(CCCCCCCC(=O)O)[N+](=O)[O-]. The predicted molar refractivity (Wildman–Crippen MR) is 93.2 cm³/mol. The number of carboxylic acid groups (broad SMARTS) is 1. The molecule has 23 heavy (non-hydrogen) atoms. The van der Waals surface area contributed by atoms with Gasteiger partial charge in [0, 0.05) is 17.8 Å². The minimum atomic E-state index is -0.758. The highest BCUT2D eigenvalue weighted by atomic mass is 16.6. The van der Waals surface area contributed by atoms with E-state index >= 15 is 0 Å². The van der Waals surface area contributed by atoms with Crippen molar-refractivity contribution in [1.82, 2.24) is 0 Å². The molecule has 1 unspecified atom stereocenters. The van der Waals surface area contributed by atoms with E-state index in [0.29, 0.717) is 12.8 Å². The Balaban J connectivity index is 3.81. The van der Waals surface area contributed by atoms with E-state index in [0.717, 1.165) is 32.1 Å². The molecule has 0 saturated heterocycles. The number of rotatable bonds is 15. The summed E-state index contributed by atoms with van der Waals surface area (Å²) in [6.07, 6.45) is 17.0. The van der Waals surface area contributed by atoms with Gasteiger partial charge in [0.05, 0.1) is 0 Å². The van der Waals surface area contributed by atoms with Crippen LogP contribution in [0.15, 0.2) is 24.3 Å². The monoisotopic (exact) mass is 325 g/mol. The number of aliphatic carboxylic acids is 1. The lowest BCUT2D eigenvalue weighted by atomic mass is 10.1. The zero-order valence-corrected chi connectivity index (χ0v) is 14.3.